The third-order valence-electron chi connectivity index (χ3n) is 4.04. The van der Waals surface area contributed by atoms with Crippen LogP contribution in [0.4, 0.5) is 11.8 Å². The minimum Gasteiger partial charge on any atom is -0.439 e. The maximum Gasteiger partial charge on any atom is 0.209 e. The van der Waals surface area contributed by atoms with Gasteiger partial charge >= 0.3 is 0 Å². The summed E-state index contributed by atoms with van der Waals surface area (Å²) in [5.41, 5.74) is 14.4. The van der Waals surface area contributed by atoms with Gasteiger partial charge in [-0.3, -0.25) is 0 Å². The van der Waals surface area contributed by atoms with Crippen LogP contribution in [0.2, 0.25) is 0 Å². The van der Waals surface area contributed by atoms with Gasteiger partial charge in [0.2, 0.25) is 11.8 Å². The Kier molecular flexibility index (Phi) is 3.21. The highest BCUT2D eigenvalue weighted by molar-refractivity contribution is 9.10. The van der Waals surface area contributed by atoms with Gasteiger partial charge in [0.15, 0.2) is 0 Å². The summed E-state index contributed by atoms with van der Waals surface area (Å²) < 4.78 is 12.1. The molecule has 4 N–H and O–H groups in total. The van der Waals surface area contributed by atoms with Crippen LogP contribution in [0.3, 0.4) is 0 Å². The fourth-order valence-corrected chi connectivity index (χ4v) is 3.23. The van der Waals surface area contributed by atoms with Crippen LogP contribution in [-0.4, -0.2) is 0 Å². The Bertz CT molecular complexity index is 1240. The smallest absolute Gasteiger partial charge is 0.209 e. The molecule has 0 spiro atoms. The molecule has 0 aliphatic heterocycles. The standard InChI is InChI=1S/C18H9BrN4O2/c19-9-3-1-8(2-4-9)14-15-12(7-21)18(23)24-13(15)5-10-11(6-20)17(22)25-16(10)14/h1-5H,22-23H2. The van der Waals surface area contributed by atoms with E-state index in [4.69, 9.17) is 20.3 Å². The molecule has 0 radical (unpaired) electrons. The first-order chi connectivity index (χ1) is 12.0. The lowest BCUT2D eigenvalue weighted by Gasteiger charge is -2.05. The molecule has 0 saturated heterocycles. The van der Waals surface area contributed by atoms with Crippen molar-refractivity contribution in [3.8, 4) is 23.3 Å². The van der Waals surface area contributed by atoms with Crippen molar-refractivity contribution in [1.29, 1.82) is 10.5 Å². The summed E-state index contributed by atoms with van der Waals surface area (Å²) in [7, 11) is 0. The predicted octanol–water partition coefficient (Wildman–Crippen LogP) is 4.52. The largest absolute Gasteiger partial charge is 0.439 e. The van der Waals surface area contributed by atoms with E-state index in [9.17, 15) is 10.5 Å². The lowest BCUT2D eigenvalue weighted by atomic mass is 9.96. The Morgan fingerprint density at radius 2 is 1.56 bits per heavy atom. The summed E-state index contributed by atoms with van der Waals surface area (Å²) in [5, 5.41) is 19.9. The summed E-state index contributed by atoms with van der Waals surface area (Å²) in [6.45, 7) is 0. The summed E-state index contributed by atoms with van der Waals surface area (Å²) in [4.78, 5) is 0. The molecule has 2 heterocycles. The van der Waals surface area contributed by atoms with Crippen molar-refractivity contribution in [2.75, 3.05) is 11.5 Å². The van der Waals surface area contributed by atoms with E-state index < -0.39 is 0 Å². The number of benzene rings is 2. The third kappa shape index (κ3) is 2.07. The van der Waals surface area contributed by atoms with Gasteiger partial charge in [-0.05, 0) is 23.8 Å². The fourth-order valence-electron chi connectivity index (χ4n) is 2.97. The van der Waals surface area contributed by atoms with Gasteiger partial charge in [-0.15, -0.1) is 0 Å². The summed E-state index contributed by atoms with van der Waals surface area (Å²) in [5.74, 6) is 0.0463. The molecule has 0 bridgehead atoms. The number of nitrogens with zero attached hydrogens (tertiary/aromatic N) is 2. The number of anilines is 2. The first-order valence-electron chi connectivity index (χ1n) is 7.18. The maximum absolute atomic E-state index is 9.49. The molecule has 0 amide bonds. The molecule has 2 aromatic heterocycles. The molecule has 2 aromatic carbocycles. The summed E-state index contributed by atoms with van der Waals surface area (Å²) in [6.07, 6.45) is 0. The molecule has 4 aromatic rings. The van der Waals surface area contributed by atoms with Crippen LogP contribution < -0.4 is 11.5 Å². The molecule has 0 aliphatic carbocycles. The van der Waals surface area contributed by atoms with Crippen molar-refractivity contribution >= 4 is 49.6 Å². The zero-order valence-corrected chi connectivity index (χ0v) is 14.2. The lowest BCUT2D eigenvalue weighted by molar-refractivity contribution is 0.633. The zero-order chi connectivity index (χ0) is 17.7. The van der Waals surface area contributed by atoms with Crippen molar-refractivity contribution in [2.45, 2.75) is 0 Å². The van der Waals surface area contributed by atoms with E-state index >= 15 is 0 Å². The Morgan fingerprint density at radius 1 is 0.920 bits per heavy atom. The second kappa shape index (κ2) is 5.30. The van der Waals surface area contributed by atoms with Gasteiger partial charge in [0, 0.05) is 15.4 Å². The van der Waals surface area contributed by atoms with E-state index in [1.165, 1.54) is 0 Å². The number of fused-ring (bicyclic) bond motifs is 2. The Balaban J connectivity index is 2.27. The molecule has 0 saturated carbocycles. The SMILES string of the molecule is N#Cc1c(N)oc2c(-c3ccc(Br)cc3)c3c(C#N)c(N)oc3cc12. The number of nitriles is 2. The predicted molar refractivity (Wildman–Crippen MR) is 97.4 cm³/mol. The van der Waals surface area contributed by atoms with Crippen molar-refractivity contribution in [3.05, 3.63) is 45.9 Å². The van der Waals surface area contributed by atoms with Crippen molar-refractivity contribution in [1.82, 2.24) is 0 Å². The second-order valence-electron chi connectivity index (χ2n) is 5.41. The van der Waals surface area contributed by atoms with Gasteiger partial charge in [-0.1, -0.05) is 28.1 Å². The van der Waals surface area contributed by atoms with Crippen LogP contribution in [0.5, 0.6) is 0 Å². The Labute approximate surface area is 150 Å². The number of nitrogens with two attached hydrogens (primary N) is 2. The van der Waals surface area contributed by atoms with Crippen LogP contribution in [0.15, 0.2) is 43.6 Å². The highest BCUT2D eigenvalue weighted by Gasteiger charge is 2.24. The van der Waals surface area contributed by atoms with Gasteiger partial charge in [0.05, 0.1) is 5.39 Å². The second-order valence-corrected chi connectivity index (χ2v) is 6.33. The minimum absolute atomic E-state index is 0.0231. The van der Waals surface area contributed by atoms with Crippen LogP contribution in [0, 0.1) is 22.7 Å². The van der Waals surface area contributed by atoms with Crippen molar-refractivity contribution in [2.24, 2.45) is 0 Å². The lowest BCUT2D eigenvalue weighted by Crippen LogP contribution is -1.86. The van der Waals surface area contributed by atoms with E-state index in [0.29, 0.717) is 27.5 Å². The van der Waals surface area contributed by atoms with Crippen molar-refractivity contribution in [3.63, 3.8) is 0 Å². The number of rotatable bonds is 1. The van der Waals surface area contributed by atoms with Gasteiger partial charge in [0.25, 0.3) is 0 Å². The highest BCUT2D eigenvalue weighted by Crippen LogP contribution is 2.44. The summed E-state index contributed by atoms with van der Waals surface area (Å²) in [6, 6.07) is 13.2. The molecule has 0 unspecified atom stereocenters. The van der Waals surface area contributed by atoms with E-state index in [-0.39, 0.29) is 22.9 Å². The molecule has 25 heavy (non-hydrogen) atoms. The average molecular weight is 393 g/mol. The number of furan rings is 2. The quantitative estimate of drug-likeness (QED) is 0.490. The van der Waals surface area contributed by atoms with Crippen LogP contribution in [0.1, 0.15) is 11.1 Å². The molecule has 120 valence electrons. The topological polar surface area (TPSA) is 126 Å². The van der Waals surface area contributed by atoms with Gasteiger partial charge in [-0.2, -0.15) is 10.5 Å². The number of halogens is 1. The van der Waals surface area contributed by atoms with Crippen LogP contribution in [0.25, 0.3) is 33.1 Å². The van der Waals surface area contributed by atoms with Gasteiger partial charge in [0.1, 0.15) is 34.4 Å². The molecule has 6 nitrogen and oxygen atoms in total. The van der Waals surface area contributed by atoms with E-state index in [2.05, 4.69) is 22.0 Å². The number of hydrogen-bond acceptors (Lipinski definition) is 6. The molecular weight excluding hydrogens is 384 g/mol. The van der Waals surface area contributed by atoms with Crippen LogP contribution in [-0.2, 0) is 0 Å². The molecule has 0 atom stereocenters. The monoisotopic (exact) mass is 392 g/mol. The molecule has 4 rings (SSSR count). The Morgan fingerprint density at radius 3 is 2.20 bits per heavy atom. The summed E-state index contributed by atoms with van der Waals surface area (Å²) >= 11 is 3.40. The number of nitrogen functional groups attached to an aromatic ring is 2. The van der Waals surface area contributed by atoms with E-state index in [1.54, 1.807) is 6.07 Å². The zero-order valence-electron chi connectivity index (χ0n) is 12.6. The number of hydrogen-bond donors (Lipinski definition) is 2. The molecular formula is C18H9BrN4O2. The molecule has 0 fully saturated rings. The van der Waals surface area contributed by atoms with Gasteiger partial charge in [-0.25, -0.2) is 0 Å². The average Bonchev–Trinajstić information content (AvgIpc) is 3.08. The normalized spacial score (nSPS) is 10.8. The maximum atomic E-state index is 9.49. The highest BCUT2D eigenvalue weighted by atomic mass is 79.9. The Hall–Kier alpha value is -3.42. The van der Waals surface area contributed by atoms with Crippen molar-refractivity contribution < 1.29 is 8.83 Å². The third-order valence-corrected chi connectivity index (χ3v) is 4.57. The van der Waals surface area contributed by atoms with E-state index in [0.717, 1.165) is 10.0 Å². The molecule has 7 heteroatoms. The van der Waals surface area contributed by atoms with Gasteiger partial charge < -0.3 is 20.3 Å². The molecule has 0 aliphatic rings. The van der Waals surface area contributed by atoms with Crippen LogP contribution >= 0.6 is 15.9 Å². The fraction of sp³-hybridized carbons (Fsp3) is 0. The first-order valence-corrected chi connectivity index (χ1v) is 7.97. The first kappa shape index (κ1) is 15.1. The minimum atomic E-state index is 0.0231. The van der Waals surface area contributed by atoms with E-state index in [1.807, 2.05) is 30.3 Å².